The third-order valence-electron chi connectivity index (χ3n) is 2.87. The largest absolute Gasteiger partial charge is 0.496 e. The second-order valence-electron chi connectivity index (χ2n) is 4.38. The minimum atomic E-state index is -0.788. The molecule has 0 aliphatic carbocycles. The van der Waals surface area contributed by atoms with Crippen molar-refractivity contribution in [1.29, 1.82) is 0 Å². The quantitative estimate of drug-likeness (QED) is 0.775. The topological polar surface area (TPSA) is 67.4 Å². The molecule has 8 heteroatoms. The van der Waals surface area contributed by atoms with Gasteiger partial charge < -0.3 is 4.74 Å². The molecule has 2 aromatic carbocycles. The lowest BCUT2D eigenvalue weighted by Crippen LogP contribution is -2.42. The van der Waals surface area contributed by atoms with Crippen molar-refractivity contribution in [1.82, 2.24) is 10.9 Å². The van der Waals surface area contributed by atoms with Crippen molar-refractivity contribution in [3.05, 3.63) is 62.8 Å². The van der Waals surface area contributed by atoms with E-state index in [1.54, 1.807) is 6.07 Å². The minimum absolute atomic E-state index is 0.136. The number of hydrogen-bond acceptors (Lipinski definition) is 3. The van der Waals surface area contributed by atoms with E-state index in [0.717, 1.165) is 6.07 Å². The number of benzene rings is 2. The van der Waals surface area contributed by atoms with Gasteiger partial charge in [0.25, 0.3) is 11.8 Å². The Morgan fingerprint density at radius 3 is 2.35 bits per heavy atom. The van der Waals surface area contributed by atoms with Crippen molar-refractivity contribution in [3.8, 4) is 5.75 Å². The average Bonchev–Trinajstić information content (AvgIpc) is 2.52. The van der Waals surface area contributed by atoms with Crippen LogP contribution >= 0.6 is 27.5 Å². The molecule has 0 saturated carbocycles. The molecule has 2 N–H and O–H groups in total. The van der Waals surface area contributed by atoms with E-state index in [1.807, 2.05) is 0 Å². The number of rotatable bonds is 3. The van der Waals surface area contributed by atoms with Crippen LogP contribution in [0.25, 0.3) is 0 Å². The summed E-state index contributed by atoms with van der Waals surface area (Å²) in [5, 5.41) is 0.334. The second kappa shape index (κ2) is 7.43. The normalized spacial score (nSPS) is 10.1. The van der Waals surface area contributed by atoms with Gasteiger partial charge in [-0.2, -0.15) is 0 Å². The first-order chi connectivity index (χ1) is 10.9. The molecule has 0 fully saturated rings. The summed E-state index contributed by atoms with van der Waals surface area (Å²) in [6, 6.07) is 8.43. The summed E-state index contributed by atoms with van der Waals surface area (Å²) in [5.41, 5.74) is 4.25. The molecule has 0 aromatic heterocycles. The Kier molecular flexibility index (Phi) is 5.57. The number of carbonyl (C=O) groups is 2. The number of methoxy groups -OCH3 is 1. The van der Waals surface area contributed by atoms with Crippen LogP contribution in [-0.2, 0) is 0 Å². The lowest BCUT2D eigenvalue weighted by molar-refractivity contribution is 0.0842. The van der Waals surface area contributed by atoms with E-state index < -0.39 is 17.6 Å². The molecule has 0 atom stereocenters. The van der Waals surface area contributed by atoms with Gasteiger partial charge in [-0.15, -0.1) is 0 Å². The Hall–Kier alpha value is -2.12. The van der Waals surface area contributed by atoms with Gasteiger partial charge in [0.15, 0.2) is 0 Å². The summed E-state index contributed by atoms with van der Waals surface area (Å²) in [6.07, 6.45) is 0. The Balaban J connectivity index is 2.10. The Morgan fingerprint density at radius 1 is 1.09 bits per heavy atom. The van der Waals surface area contributed by atoms with Gasteiger partial charge in [-0.3, -0.25) is 20.4 Å². The molecule has 23 heavy (non-hydrogen) atoms. The van der Waals surface area contributed by atoms with Crippen LogP contribution in [0.1, 0.15) is 20.7 Å². The molecule has 2 amide bonds. The third kappa shape index (κ3) is 4.20. The smallest absolute Gasteiger partial charge is 0.273 e. The van der Waals surface area contributed by atoms with Crippen molar-refractivity contribution in [2.45, 2.75) is 0 Å². The highest BCUT2D eigenvalue weighted by Gasteiger charge is 2.16. The van der Waals surface area contributed by atoms with Crippen LogP contribution in [0.2, 0.25) is 5.02 Å². The summed E-state index contributed by atoms with van der Waals surface area (Å²) in [7, 11) is 1.40. The van der Waals surface area contributed by atoms with Gasteiger partial charge in [-0.1, -0.05) is 27.5 Å². The number of halogens is 3. The third-order valence-corrected chi connectivity index (χ3v) is 3.60. The number of carbonyl (C=O) groups excluding carboxylic acids is 2. The van der Waals surface area contributed by atoms with Gasteiger partial charge in [-0.25, -0.2) is 4.39 Å². The van der Waals surface area contributed by atoms with E-state index in [9.17, 15) is 14.0 Å². The minimum Gasteiger partial charge on any atom is -0.496 e. The molecule has 5 nitrogen and oxygen atoms in total. The zero-order chi connectivity index (χ0) is 17.0. The first kappa shape index (κ1) is 17.2. The van der Waals surface area contributed by atoms with Gasteiger partial charge >= 0.3 is 0 Å². The van der Waals surface area contributed by atoms with Gasteiger partial charge in [-0.05, 0) is 36.4 Å². The highest BCUT2D eigenvalue weighted by Crippen LogP contribution is 2.22. The maximum absolute atomic E-state index is 13.7. The van der Waals surface area contributed by atoms with Gasteiger partial charge in [0.2, 0.25) is 0 Å². The van der Waals surface area contributed by atoms with E-state index in [0.29, 0.717) is 9.50 Å². The zero-order valence-corrected chi connectivity index (χ0v) is 14.2. The molecular formula is C15H11BrClFN2O3. The summed E-state index contributed by atoms with van der Waals surface area (Å²) in [5.74, 6) is -1.86. The second-order valence-corrected chi connectivity index (χ2v) is 5.73. The monoisotopic (exact) mass is 400 g/mol. The molecule has 0 spiro atoms. The van der Waals surface area contributed by atoms with E-state index in [2.05, 4.69) is 26.8 Å². The molecule has 0 aliphatic heterocycles. The SMILES string of the molecule is COc1ccc(Cl)cc1C(=O)NNC(=O)c1ccc(Br)cc1F. The molecule has 0 radical (unpaired) electrons. The predicted octanol–water partition coefficient (Wildman–Crippen LogP) is 3.33. The first-order valence-electron chi connectivity index (χ1n) is 6.31. The van der Waals surface area contributed by atoms with Crippen molar-refractivity contribution >= 4 is 39.3 Å². The van der Waals surface area contributed by atoms with Crippen LogP contribution in [0.3, 0.4) is 0 Å². The van der Waals surface area contributed by atoms with E-state index >= 15 is 0 Å². The molecule has 0 bridgehead atoms. The Morgan fingerprint density at radius 2 is 1.74 bits per heavy atom. The van der Waals surface area contributed by atoms with Crippen LogP contribution in [0.4, 0.5) is 4.39 Å². The first-order valence-corrected chi connectivity index (χ1v) is 7.48. The van der Waals surface area contributed by atoms with Crippen LogP contribution in [0.15, 0.2) is 40.9 Å². The fourth-order valence-corrected chi connectivity index (χ4v) is 2.28. The van der Waals surface area contributed by atoms with E-state index in [1.165, 1.54) is 31.4 Å². The Labute approximate surface area is 144 Å². The van der Waals surface area contributed by atoms with Crippen molar-refractivity contribution < 1.29 is 18.7 Å². The van der Waals surface area contributed by atoms with Crippen LogP contribution in [-0.4, -0.2) is 18.9 Å². The van der Waals surface area contributed by atoms with Crippen LogP contribution < -0.4 is 15.6 Å². The predicted molar refractivity (Wildman–Crippen MR) is 87.0 cm³/mol. The molecular weight excluding hydrogens is 391 g/mol. The van der Waals surface area contributed by atoms with E-state index in [-0.39, 0.29) is 16.9 Å². The Bertz CT molecular complexity index is 770. The molecule has 2 rings (SSSR count). The molecule has 120 valence electrons. The number of hydrazine groups is 1. The molecule has 0 heterocycles. The maximum atomic E-state index is 13.7. The summed E-state index contributed by atoms with van der Waals surface area (Å²) < 4.78 is 19.2. The number of ether oxygens (including phenoxy) is 1. The fourth-order valence-electron chi connectivity index (χ4n) is 1.78. The number of amides is 2. The van der Waals surface area contributed by atoms with Gasteiger partial charge in [0, 0.05) is 9.50 Å². The lowest BCUT2D eigenvalue weighted by Gasteiger charge is -2.11. The summed E-state index contributed by atoms with van der Waals surface area (Å²) >= 11 is 8.93. The highest BCUT2D eigenvalue weighted by molar-refractivity contribution is 9.10. The highest BCUT2D eigenvalue weighted by atomic mass is 79.9. The molecule has 2 aromatic rings. The van der Waals surface area contributed by atoms with Gasteiger partial charge in [0.1, 0.15) is 11.6 Å². The molecule has 0 aliphatic rings. The van der Waals surface area contributed by atoms with Crippen LogP contribution in [0.5, 0.6) is 5.75 Å². The van der Waals surface area contributed by atoms with Crippen molar-refractivity contribution in [3.63, 3.8) is 0 Å². The summed E-state index contributed by atoms with van der Waals surface area (Å²) in [6.45, 7) is 0. The maximum Gasteiger partial charge on any atom is 0.273 e. The molecule has 0 saturated heterocycles. The fraction of sp³-hybridized carbons (Fsp3) is 0.0667. The standard InChI is InChI=1S/C15H11BrClFN2O3/c1-23-13-5-3-9(17)7-11(13)15(22)20-19-14(21)10-4-2-8(16)6-12(10)18/h2-7H,1H3,(H,19,21)(H,20,22). The van der Waals surface area contributed by atoms with Crippen LogP contribution in [0, 0.1) is 5.82 Å². The number of nitrogens with one attached hydrogen (secondary N) is 2. The summed E-state index contributed by atoms with van der Waals surface area (Å²) in [4.78, 5) is 24.0. The van der Waals surface area contributed by atoms with E-state index in [4.69, 9.17) is 16.3 Å². The van der Waals surface area contributed by atoms with Crippen molar-refractivity contribution in [2.75, 3.05) is 7.11 Å². The van der Waals surface area contributed by atoms with Gasteiger partial charge in [0.05, 0.1) is 18.2 Å². The molecule has 0 unspecified atom stereocenters. The van der Waals surface area contributed by atoms with Crippen molar-refractivity contribution in [2.24, 2.45) is 0 Å². The lowest BCUT2D eigenvalue weighted by atomic mass is 10.2. The average molecular weight is 402 g/mol. The number of hydrogen-bond donors (Lipinski definition) is 2. The zero-order valence-electron chi connectivity index (χ0n) is 11.8.